The third kappa shape index (κ3) is 7.87. The molecule has 6 heteroatoms. The van der Waals surface area contributed by atoms with Gasteiger partial charge in [-0.1, -0.05) is 45.1 Å². The monoisotopic (exact) mass is 440 g/mol. The molecule has 0 spiro atoms. The molecule has 1 fully saturated rings. The van der Waals surface area contributed by atoms with Gasteiger partial charge in [0.15, 0.2) is 5.11 Å². The van der Waals surface area contributed by atoms with Gasteiger partial charge in [0, 0.05) is 11.3 Å². The molecule has 166 valence electrons. The van der Waals surface area contributed by atoms with Gasteiger partial charge in [-0.25, -0.2) is 0 Å². The number of ether oxygens (including phenoxy) is 2. The standard InChI is InChI=1S/C25H32N2O3S/c1-2-16-29-23-10-6-9-20(18-23)24(28)27-25(31)26-21-11-13-22(14-12-21)30-17-15-19-7-4-3-5-8-19/h6,9-14,18-19H,2-5,7-8,15-17H2,1H3,(H2,26,27,28,31). The lowest BCUT2D eigenvalue weighted by Gasteiger charge is -2.21. The van der Waals surface area contributed by atoms with Gasteiger partial charge in [-0.3, -0.25) is 10.1 Å². The van der Waals surface area contributed by atoms with E-state index in [9.17, 15) is 4.79 Å². The van der Waals surface area contributed by atoms with Crippen molar-refractivity contribution in [2.24, 2.45) is 5.92 Å². The first-order valence-corrected chi connectivity index (χ1v) is 11.6. The highest BCUT2D eigenvalue weighted by Gasteiger charge is 2.13. The Bertz CT molecular complexity index is 848. The predicted molar refractivity (Wildman–Crippen MR) is 129 cm³/mol. The Morgan fingerprint density at radius 1 is 1.00 bits per heavy atom. The summed E-state index contributed by atoms with van der Waals surface area (Å²) in [6, 6.07) is 14.7. The number of amides is 1. The van der Waals surface area contributed by atoms with Gasteiger partial charge in [-0.15, -0.1) is 0 Å². The molecular formula is C25H32N2O3S. The lowest BCUT2D eigenvalue weighted by Crippen LogP contribution is -2.34. The number of rotatable bonds is 9. The first kappa shape index (κ1) is 23.1. The predicted octanol–water partition coefficient (Wildman–Crippen LogP) is 5.95. The summed E-state index contributed by atoms with van der Waals surface area (Å²) < 4.78 is 11.5. The van der Waals surface area contributed by atoms with Crippen LogP contribution in [0.3, 0.4) is 0 Å². The fourth-order valence-electron chi connectivity index (χ4n) is 3.74. The number of nitrogens with one attached hydrogen (secondary N) is 2. The Balaban J connectivity index is 1.43. The van der Waals surface area contributed by atoms with E-state index in [2.05, 4.69) is 10.6 Å². The topological polar surface area (TPSA) is 59.6 Å². The van der Waals surface area contributed by atoms with Gasteiger partial charge in [-0.05, 0) is 73.4 Å². The van der Waals surface area contributed by atoms with Gasteiger partial charge < -0.3 is 14.8 Å². The van der Waals surface area contributed by atoms with Crippen LogP contribution in [0.1, 0.15) is 62.2 Å². The van der Waals surface area contributed by atoms with Crippen LogP contribution in [0.5, 0.6) is 11.5 Å². The SMILES string of the molecule is CCCOc1cccc(C(=O)NC(=S)Nc2ccc(OCCC3CCCCC3)cc2)c1. The summed E-state index contributed by atoms with van der Waals surface area (Å²) in [4.78, 5) is 12.5. The van der Waals surface area contributed by atoms with E-state index in [0.29, 0.717) is 17.9 Å². The summed E-state index contributed by atoms with van der Waals surface area (Å²) >= 11 is 5.28. The second-order valence-electron chi connectivity index (χ2n) is 7.95. The quantitative estimate of drug-likeness (QED) is 0.472. The number of hydrogen-bond acceptors (Lipinski definition) is 4. The molecule has 0 aliphatic heterocycles. The number of benzene rings is 2. The maximum Gasteiger partial charge on any atom is 0.257 e. The summed E-state index contributed by atoms with van der Waals surface area (Å²) in [6.45, 7) is 3.41. The van der Waals surface area contributed by atoms with Crippen molar-refractivity contribution >= 4 is 28.9 Å². The van der Waals surface area contributed by atoms with Gasteiger partial charge in [0.05, 0.1) is 13.2 Å². The molecule has 0 radical (unpaired) electrons. The average Bonchev–Trinajstić information content (AvgIpc) is 2.79. The first-order valence-electron chi connectivity index (χ1n) is 11.2. The summed E-state index contributed by atoms with van der Waals surface area (Å²) in [5, 5.41) is 5.99. The molecule has 31 heavy (non-hydrogen) atoms. The highest BCUT2D eigenvalue weighted by Crippen LogP contribution is 2.26. The van der Waals surface area contributed by atoms with Crippen molar-refractivity contribution in [2.75, 3.05) is 18.5 Å². The van der Waals surface area contributed by atoms with E-state index in [-0.39, 0.29) is 11.0 Å². The lowest BCUT2D eigenvalue weighted by atomic mass is 9.87. The highest BCUT2D eigenvalue weighted by molar-refractivity contribution is 7.80. The Hall–Kier alpha value is -2.60. The first-order chi connectivity index (χ1) is 15.1. The van der Waals surface area contributed by atoms with Crippen LogP contribution in [-0.2, 0) is 0 Å². The maximum absolute atomic E-state index is 12.5. The fourth-order valence-corrected chi connectivity index (χ4v) is 3.95. The molecule has 2 aromatic rings. The zero-order chi connectivity index (χ0) is 21.9. The minimum absolute atomic E-state index is 0.246. The third-order valence-electron chi connectivity index (χ3n) is 5.43. The van der Waals surface area contributed by atoms with Crippen molar-refractivity contribution in [1.29, 1.82) is 0 Å². The van der Waals surface area contributed by atoms with E-state index in [4.69, 9.17) is 21.7 Å². The molecular weight excluding hydrogens is 408 g/mol. The van der Waals surface area contributed by atoms with E-state index >= 15 is 0 Å². The summed E-state index contributed by atoms with van der Waals surface area (Å²) in [5.74, 6) is 2.06. The molecule has 1 aliphatic carbocycles. The van der Waals surface area contributed by atoms with Crippen LogP contribution in [0, 0.1) is 5.92 Å². The number of carbonyl (C=O) groups excluding carboxylic acids is 1. The van der Waals surface area contributed by atoms with Crippen LogP contribution in [0.15, 0.2) is 48.5 Å². The van der Waals surface area contributed by atoms with Gasteiger partial charge in [-0.2, -0.15) is 0 Å². The van der Waals surface area contributed by atoms with Crippen molar-refractivity contribution in [3.63, 3.8) is 0 Å². The minimum Gasteiger partial charge on any atom is -0.494 e. The van der Waals surface area contributed by atoms with Gasteiger partial charge in [0.1, 0.15) is 11.5 Å². The van der Waals surface area contributed by atoms with Gasteiger partial charge >= 0.3 is 0 Å². The Labute approximate surface area is 190 Å². The van der Waals surface area contributed by atoms with E-state index in [1.807, 2.05) is 37.3 Å². The van der Waals surface area contributed by atoms with E-state index in [0.717, 1.165) is 36.8 Å². The van der Waals surface area contributed by atoms with Crippen molar-refractivity contribution in [3.8, 4) is 11.5 Å². The van der Waals surface area contributed by atoms with E-state index in [1.165, 1.54) is 32.1 Å². The van der Waals surface area contributed by atoms with Gasteiger partial charge in [0.25, 0.3) is 5.91 Å². The summed E-state index contributed by atoms with van der Waals surface area (Å²) in [6.07, 6.45) is 8.82. The summed E-state index contributed by atoms with van der Waals surface area (Å²) in [5.41, 5.74) is 1.30. The largest absolute Gasteiger partial charge is 0.494 e. The van der Waals surface area contributed by atoms with E-state index in [1.54, 1.807) is 18.2 Å². The van der Waals surface area contributed by atoms with Crippen LogP contribution < -0.4 is 20.1 Å². The third-order valence-corrected chi connectivity index (χ3v) is 5.63. The number of thiocarbonyl (C=S) groups is 1. The molecule has 1 amide bonds. The molecule has 0 saturated heterocycles. The number of hydrogen-bond donors (Lipinski definition) is 2. The smallest absolute Gasteiger partial charge is 0.257 e. The number of anilines is 1. The van der Waals surface area contributed by atoms with Crippen molar-refractivity contribution in [2.45, 2.75) is 51.9 Å². The molecule has 2 aromatic carbocycles. The number of carbonyl (C=O) groups is 1. The molecule has 0 unspecified atom stereocenters. The molecule has 3 rings (SSSR count). The van der Waals surface area contributed by atoms with Crippen LogP contribution in [0.4, 0.5) is 5.69 Å². The molecule has 2 N–H and O–H groups in total. The molecule has 0 atom stereocenters. The van der Waals surface area contributed by atoms with Crippen LogP contribution in [0.2, 0.25) is 0 Å². The fraction of sp³-hybridized carbons (Fsp3) is 0.440. The molecule has 0 bridgehead atoms. The van der Waals surface area contributed by atoms with Gasteiger partial charge in [0.2, 0.25) is 0 Å². The van der Waals surface area contributed by atoms with Crippen LogP contribution in [0.25, 0.3) is 0 Å². The van der Waals surface area contributed by atoms with E-state index < -0.39 is 0 Å². The molecule has 1 saturated carbocycles. The highest BCUT2D eigenvalue weighted by atomic mass is 32.1. The van der Waals surface area contributed by atoms with Crippen molar-refractivity contribution < 1.29 is 14.3 Å². The van der Waals surface area contributed by atoms with Crippen molar-refractivity contribution in [1.82, 2.24) is 5.32 Å². The molecule has 1 aliphatic rings. The zero-order valence-corrected chi connectivity index (χ0v) is 19.0. The van der Waals surface area contributed by atoms with Crippen molar-refractivity contribution in [3.05, 3.63) is 54.1 Å². The van der Waals surface area contributed by atoms with Crippen LogP contribution in [-0.4, -0.2) is 24.2 Å². The second-order valence-corrected chi connectivity index (χ2v) is 8.36. The average molecular weight is 441 g/mol. The second kappa shape index (κ2) is 12.3. The zero-order valence-electron chi connectivity index (χ0n) is 18.2. The Kier molecular flexibility index (Phi) is 9.16. The molecule has 0 heterocycles. The minimum atomic E-state index is -0.276. The lowest BCUT2D eigenvalue weighted by molar-refractivity contribution is 0.0977. The maximum atomic E-state index is 12.5. The van der Waals surface area contributed by atoms with Crippen LogP contribution >= 0.6 is 12.2 Å². The summed E-state index contributed by atoms with van der Waals surface area (Å²) in [7, 11) is 0. The molecule has 5 nitrogen and oxygen atoms in total. The normalized spacial score (nSPS) is 14.0. The molecule has 0 aromatic heterocycles. The Morgan fingerprint density at radius 3 is 2.48 bits per heavy atom. The Morgan fingerprint density at radius 2 is 1.74 bits per heavy atom.